The number of carbonyl (C=O) groups excluding carboxylic acids is 2. The minimum Gasteiger partial charge on any atom is -0.490 e. The van der Waals surface area contributed by atoms with E-state index in [4.69, 9.17) is 14.0 Å². The summed E-state index contributed by atoms with van der Waals surface area (Å²) in [5.41, 5.74) is 0.144. The second kappa shape index (κ2) is 6.05. The second-order valence-electron chi connectivity index (χ2n) is 6.59. The maximum absolute atomic E-state index is 13.0. The summed E-state index contributed by atoms with van der Waals surface area (Å²) < 4.78 is 16.4. The fourth-order valence-corrected chi connectivity index (χ4v) is 3.16. The summed E-state index contributed by atoms with van der Waals surface area (Å²) in [5.74, 6) is 1.31. The van der Waals surface area contributed by atoms with Crippen molar-refractivity contribution in [1.82, 2.24) is 15.4 Å². The number of carbonyl (C=O) groups is 2. The number of hydrogen-bond acceptors (Lipinski definition) is 6. The van der Waals surface area contributed by atoms with Crippen LogP contribution in [0.3, 0.4) is 0 Å². The van der Waals surface area contributed by atoms with Gasteiger partial charge >= 0.3 is 6.03 Å². The van der Waals surface area contributed by atoms with Gasteiger partial charge in [-0.3, -0.25) is 9.69 Å². The Morgan fingerprint density at radius 3 is 2.69 bits per heavy atom. The van der Waals surface area contributed by atoms with E-state index in [1.54, 1.807) is 38.1 Å². The maximum atomic E-state index is 13.0. The smallest absolute Gasteiger partial charge is 0.325 e. The third-order valence-corrected chi connectivity index (χ3v) is 4.59. The normalized spacial score (nSPS) is 22.3. The van der Waals surface area contributed by atoms with Gasteiger partial charge in [0, 0.05) is 12.5 Å². The Hall–Kier alpha value is -3.03. The summed E-state index contributed by atoms with van der Waals surface area (Å²) in [6, 6.07) is 6.51. The number of nitrogens with zero attached hydrogens (tertiary/aromatic N) is 2. The lowest BCUT2D eigenvalue weighted by molar-refractivity contribution is -0.131. The van der Waals surface area contributed by atoms with Crippen molar-refractivity contribution < 1.29 is 23.6 Å². The van der Waals surface area contributed by atoms with Crippen LogP contribution in [-0.4, -0.2) is 35.2 Å². The minimum absolute atomic E-state index is 0.0334. The van der Waals surface area contributed by atoms with Crippen molar-refractivity contribution in [3.63, 3.8) is 0 Å². The minimum atomic E-state index is -1.18. The van der Waals surface area contributed by atoms with Crippen LogP contribution < -0.4 is 14.8 Å². The van der Waals surface area contributed by atoms with Crippen LogP contribution >= 0.6 is 0 Å². The van der Waals surface area contributed by atoms with Crippen molar-refractivity contribution in [3.8, 4) is 11.5 Å². The van der Waals surface area contributed by atoms with Crippen molar-refractivity contribution in [2.75, 3.05) is 13.2 Å². The van der Waals surface area contributed by atoms with Gasteiger partial charge in [-0.25, -0.2) is 4.79 Å². The van der Waals surface area contributed by atoms with Gasteiger partial charge in [-0.1, -0.05) is 11.2 Å². The molecule has 8 nitrogen and oxygen atoms in total. The van der Waals surface area contributed by atoms with Crippen molar-refractivity contribution in [2.45, 2.75) is 32.4 Å². The largest absolute Gasteiger partial charge is 0.490 e. The van der Waals surface area contributed by atoms with E-state index in [9.17, 15) is 9.59 Å². The molecule has 1 aromatic carbocycles. The van der Waals surface area contributed by atoms with Crippen LogP contribution in [-0.2, 0) is 16.9 Å². The van der Waals surface area contributed by atoms with Crippen LogP contribution in [0.4, 0.5) is 4.79 Å². The van der Waals surface area contributed by atoms with Crippen LogP contribution in [0.1, 0.15) is 30.4 Å². The van der Waals surface area contributed by atoms with Gasteiger partial charge in [-0.15, -0.1) is 0 Å². The first-order valence-electron chi connectivity index (χ1n) is 8.44. The summed E-state index contributed by atoms with van der Waals surface area (Å²) in [5, 5.41) is 6.56. The van der Waals surface area contributed by atoms with Crippen molar-refractivity contribution >= 4 is 11.9 Å². The molecule has 2 aliphatic heterocycles. The van der Waals surface area contributed by atoms with Crippen molar-refractivity contribution in [3.05, 3.63) is 41.3 Å². The number of aromatic nitrogens is 1. The molecule has 1 fully saturated rings. The number of ether oxygens (including phenoxy) is 2. The molecule has 1 saturated heterocycles. The molecule has 0 spiro atoms. The predicted molar refractivity (Wildman–Crippen MR) is 89.7 cm³/mol. The van der Waals surface area contributed by atoms with Crippen LogP contribution in [0, 0.1) is 6.92 Å². The summed E-state index contributed by atoms with van der Waals surface area (Å²) in [4.78, 5) is 26.5. The molecule has 3 heterocycles. The standard InChI is InChI=1S/C18H19N3O5/c1-11-8-13(26-20-11)10-21-16(22)18(2,19-17(21)23)12-4-5-14-15(9-12)25-7-3-6-24-14/h4-5,8-9H,3,6-7,10H2,1-2H3,(H,19,23)/t18-/m1/s1. The fraction of sp³-hybridized carbons (Fsp3) is 0.389. The molecule has 136 valence electrons. The van der Waals surface area contributed by atoms with Crippen molar-refractivity contribution in [2.24, 2.45) is 0 Å². The molecule has 0 radical (unpaired) electrons. The molecule has 0 aliphatic carbocycles. The highest BCUT2D eigenvalue weighted by Gasteiger charge is 2.49. The van der Waals surface area contributed by atoms with Gasteiger partial charge in [0.25, 0.3) is 5.91 Å². The zero-order valence-corrected chi connectivity index (χ0v) is 14.6. The maximum Gasteiger partial charge on any atom is 0.325 e. The first-order chi connectivity index (χ1) is 12.5. The molecule has 3 amide bonds. The predicted octanol–water partition coefficient (Wildman–Crippen LogP) is 2.11. The highest BCUT2D eigenvalue weighted by molar-refractivity contribution is 6.07. The van der Waals surface area contributed by atoms with E-state index in [-0.39, 0.29) is 12.5 Å². The third kappa shape index (κ3) is 2.67. The number of aryl methyl sites for hydroxylation is 1. The van der Waals surface area contributed by atoms with Crippen LogP contribution in [0.2, 0.25) is 0 Å². The van der Waals surface area contributed by atoms with Gasteiger partial charge in [0.2, 0.25) is 0 Å². The Kier molecular flexibility index (Phi) is 3.82. The molecule has 0 unspecified atom stereocenters. The zero-order chi connectivity index (χ0) is 18.3. The lowest BCUT2D eigenvalue weighted by Gasteiger charge is -2.23. The Morgan fingerprint density at radius 1 is 1.19 bits per heavy atom. The summed E-state index contributed by atoms with van der Waals surface area (Å²) in [6.45, 7) is 4.62. The van der Waals surface area contributed by atoms with E-state index in [1.165, 1.54) is 0 Å². The zero-order valence-electron chi connectivity index (χ0n) is 14.6. The molecule has 26 heavy (non-hydrogen) atoms. The summed E-state index contributed by atoms with van der Waals surface area (Å²) in [7, 11) is 0. The van der Waals surface area contributed by atoms with E-state index in [0.29, 0.717) is 41.7 Å². The van der Waals surface area contributed by atoms with Crippen molar-refractivity contribution in [1.29, 1.82) is 0 Å². The van der Waals surface area contributed by atoms with Crippen LogP contribution in [0.15, 0.2) is 28.8 Å². The quantitative estimate of drug-likeness (QED) is 0.846. The number of benzene rings is 1. The highest BCUT2D eigenvalue weighted by atomic mass is 16.5. The molecular formula is C18H19N3O5. The number of hydrogen-bond donors (Lipinski definition) is 1. The molecule has 1 atom stereocenters. The Labute approximate surface area is 150 Å². The van der Waals surface area contributed by atoms with E-state index in [2.05, 4.69) is 10.5 Å². The van der Waals surface area contributed by atoms with E-state index < -0.39 is 11.6 Å². The van der Waals surface area contributed by atoms with E-state index in [1.807, 2.05) is 0 Å². The molecule has 2 aromatic rings. The van der Waals surface area contributed by atoms with Gasteiger partial charge in [-0.2, -0.15) is 0 Å². The monoisotopic (exact) mass is 357 g/mol. The van der Waals surface area contributed by atoms with Gasteiger partial charge in [0.05, 0.1) is 25.5 Å². The number of imide groups is 1. The Balaban J connectivity index is 1.63. The van der Waals surface area contributed by atoms with Crippen LogP contribution in [0.5, 0.6) is 11.5 Å². The molecule has 1 aromatic heterocycles. The second-order valence-corrected chi connectivity index (χ2v) is 6.59. The summed E-state index contributed by atoms with van der Waals surface area (Å²) >= 11 is 0. The molecule has 1 N–H and O–H groups in total. The van der Waals surface area contributed by atoms with Gasteiger partial charge in [0.1, 0.15) is 5.54 Å². The average molecular weight is 357 g/mol. The molecule has 0 bridgehead atoms. The molecular weight excluding hydrogens is 338 g/mol. The van der Waals surface area contributed by atoms with Gasteiger partial charge in [0.15, 0.2) is 17.3 Å². The fourth-order valence-electron chi connectivity index (χ4n) is 3.16. The van der Waals surface area contributed by atoms with Gasteiger partial charge < -0.3 is 19.3 Å². The molecule has 2 aliphatic rings. The topological polar surface area (TPSA) is 93.9 Å². The average Bonchev–Trinajstić information content (AvgIpc) is 3.00. The number of fused-ring (bicyclic) bond motifs is 1. The first-order valence-corrected chi connectivity index (χ1v) is 8.44. The number of amides is 3. The molecule has 0 saturated carbocycles. The SMILES string of the molecule is Cc1cc(CN2C(=O)N[C@](C)(c3ccc4c(c3)OCCCO4)C2=O)on1. The number of urea groups is 1. The lowest BCUT2D eigenvalue weighted by atomic mass is 9.91. The van der Waals surface area contributed by atoms with E-state index in [0.717, 1.165) is 11.3 Å². The van der Waals surface area contributed by atoms with Gasteiger partial charge in [-0.05, 0) is 31.5 Å². The van der Waals surface area contributed by atoms with Crippen LogP contribution in [0.25, 0.3) is 0 Å². The first kappa shape index (κ1) is 16.4. The number of rotatable bonds is 3. The number of nitrogens with one attached hydrogen (secondary N) is 1. The third-order valence-electron chi connectivity index (χ3n) is 4.59. The highest BCUT2D eigenvalue weighted by Crippen LogP contribution is 2.37. The van der Waals surface area contributed by atoms with E-state index >= 15 is 0 Å². The molecule has 4 rings (SSSR count). The lowest BCUT2D eigenvalue weighted by Crippen LogP contribution is -2.40. The molecule has 8 heteroatoms. The Morgan fingerprint density at radius 2 is 1.96 bits per heavy atom. The summed E-state index contributed by atoms with van der Waals surface area (Å²) in [6.07, 6.45) is 0.793. The Bertz CT molecular complexity index is 877.